The molecule has 0 aliphatic heterocycles. The molecule has 3 aromatic carbocycles. The van der Waals surface area contributed by atoms with E-state index in [0.717, 1.165) is 5.56 Å². The van der Waals surface area contributed by atoms with Crippen LogP contribution in [-0.4, -0.2) is 16.0 Å². The first-order chi connectivity index (χ1) is 14.0. The number of amides is 1. The number of hydrogen-bond acceptors (Lipinski definition) is 4. The number of halogens is 2. The molecule has 0 saturated heterocycles. The van der Waals surface area contributed by atoms with Crippen LogP contribution in [0.2, 0.25) is 10.0 Å². The highest BCUT2D eigenvalue weighted by Crippen LogP contribution is 2.27. The number of carbonyl (C=O) groups is 1. The number of anilines is 1. The summed E-state index contributed by atoms with van der Waals surface area (Å²) in [5.41, 5.74) is 3.34. The van der Waals surface area contributed by atoms with Crippen LogP contribution in [0.25, 0.3) is 22.6 Å². The van der Waals surface area contributed by atoms with E-state index in [-0.39, 0.29) is 11.0 Å². The molecule has 0 bridgehead atoms. The zero-order valence-electron chi connectivity index (χ0n) is 14.8. The molecule has 0 unspecified atom stereocenters. The van der Waals surface area contributed by atoms with Crippen molar-refractivity contribution in [2.45, 2.75) is 0 Å². The molecule has 1 heterocycles. The van der Waals surface area contributed by atoms with Crippen molar-refractivity contribution in [1.82, 2.24) is 10.3 Å². The standard InChI is InChI=1S/C21H13Cl2N3O2S/c22-14-5-1-12(2-6-14)19(27)26-21(29)24-16-8-3-13(4-9-16)20-25-17-11-15(23)7-10-18(17)28-20/h1-11H,(H2,24,26,27,29). The van der Waals surface area contributed by atoms with Crippen molar-refractivity contribution in [3.8, 4) is 11.5 Å². The van der Waals surface area contributed by atoms with Crippen molar-refractivity contribution >= 4 is 63.2 Å². The van der Waals surface area contributed by atoms with E-state index in [0.29, 0.717) is 38.3 Å². The van der Waals surface area contributed by atoms with E-state index in [1.807, 2.05) is 24.3 Å². The molecule has 0 spiro atoms. The van der Waals surface area contributed by atoms with Crippen molar-refractivity contribution in [2.24, 2.45) is 0 Å². The summed E-state index contributed by atoms with van der Waals surface area (Å²) in [6.45, 7) is 0. The van der Waals surface area contributed by atoms with E-state index >= 15 is 0 Å². The molecule has 8 heteroatoms. The van der Waals surface area contributed by atoms with Gasteiger partial charge >= 0.3 is 0 Å². The van der Waals surface area contributed by atoms with Gasteiger partial charge in [-0.05, 0) is 78.9 Å². The highest BCUT2D eigenvalue weighted by Gasteiger charge is 2.10. The van der Waals surface area contributed by atoms with Gasteiger partial charge in [0.15, 0.2) is 10.7 Å². The van der Waals surface area contributed by atoms with Crippen LogP contribution in [0.15, 0.2) is 71.1 Å². The van der Waals surface area contributed by atoms with Crippen molar-refractivity contribution in [3.05, 3.63) is 82.3 Å². The Hall–Kier alpha value is -2.93. The average molecular weight is 442 g/mol. The topological polar surface area (TPSA) is 67.2 Å². The molecule has 29 heavy (non-hydrogen) atoms. The summed E-state index contributed by atoms with van der Waals surface area (Å²) in [5.74, 6) is 0.174. The first kappa shape index (κ1) is 19.4. The molecule has 4 aromatic rings. The Labute approximate surface area is 181 Å². The molecular formula is C21H13Cl2N3O2S. The molecule has 2 N–H and O–H groups in total. The largest absolute Gasteiger partial charge is 0.436 e. The average Bonchev–Trinajstić information content (AvgIpc) is 3.12. The lowest BCUT2D eigenvalue weighted by molar-refractivity contribution is 0.0977. The molecule has 0 saturated carbocycles. The number of fused-ring (bicyclic) bond motifs is 1. The molecule has 144 valence electrons. The fourth-order valence-corrected chi connectivity index (χ4v) is 3.16. The van der Waals surface area contributed by atoms with Crippen LogP contribution >= 0.6 is 35.4 Å². The first-order valence-corrected chi connectivity index (χ1v) is 9.69. The van der Waals surface area contributed by atoms with Crippen LogP contribution in [0, 0.1) is 0 Å². The maximum atomic E-state index is 12.2. The summed E-state index contributed by atoms with van der Waals surface area (Å²) in [7, 11) is 0. The number of benzene rings is 3. The molecular weight excluding hydrogens is 429 g/mol. The van der Waals surface area contributed by atoms with Gasteiger partial charge in [0.25, 0.3) is 5.91 Å². The number of nitrogens with one attached hydrogen (secondary N) is 2. The number of nitrogens with zero attached hydrogens (tertiary/aromatic N) is 1. The zero-order chi connectivity index (χ0) is 20.4. The van der Waals surface area contributed by atoms with Crippen molar-refractivity contribution in [3.63, 3.8) is 0 Å². The summed E-state index contributed by atoms with van der Waals surface area (Å²) >= 11 is 17.0. The van der Waals surface area contributed by atoms with Gasteiger partial charge in [-0.25, -0.2) is 4.98 Å². The lowest BCUT2D eigenvalue weighted by atomic mass is 10.2. The Morgan fingerprint density at radius 1 is 0.931 bits per heavy atom. The fraction of sp³-hybridized carbons (Fsp3) is 0. The van der Waals surface area contributed by atoms with E-state index in [1.54, 1.807) is 42.5 Å². The minimum atomic E-state index is -0.319. The van der Waals surface area contributed by atoms with Gasteiger partial charge < -0.3 is 9.73 Å². The van der Waals surface area contributed by atoms with Crippen LogP contribution < -0.4 is 10.6 Å². The quantitative estimate of drug-likeness (QED) is 0.385. The summed E-state index contributed by atoms with van der Waals surface area (Å²) in [5, 5.41) is 6.95. The summed E-state index contributed by atoms with van der Waals surface area (Å²) < 4.78 is 5.76. The highest BCUT2D eigenvalue weighted by molar-refractivity contribution is 7.80. The van der Waals surface area contributed by atoms with E-state index in [1.165, 1.54) is 0 Å². The summed E-state index contributed by atoms with van der Waals surface area (Å²) in [6, 6.07) is 19.2. The lowest BCUT2D eigenvalue weighted by Crippen LogP contribution is -2.34. The maximum absolute atomic E-state index is 12.2. The maximum Gasteiger partial charge on any atom is 0.257 e. The Kier molecular flexibility index (Phi) is 5.49. The van der Waals surface area contributed by atoms with Gasteiger partial charge in [-0.1, -0.05) is 23.2 Å². The third-order valence-corrected chi connectivity index (χ3v) is 4.76. The Bertz CT molecular complexity index is 1210. The molecule has 0 fully saturated rings. The highest BCUT2D eigenvalue weighted by atomic mass is 35.5. The van der Waals surface area contributed by atoms with Gasteiger partial charge in [0.1, 0.15) is 5.52 Å². The van der Waals surface area contributed by atoms with E-state index < -0.39 is 0 Å². The van der Waals surface area contributed by atoms with Crippen molar-refractivity contribution < 1.29 is 9.21 Å². The van der Waals surface area contributed by atoms with Crippen LogP contribution in [0.3, 0.4) is 0 Å². The van der Waals surface area contributed by atoms with Gasteiger partial charge in [-0.3, -0.25) is 10.1 Å². The fourth-order valence-electron chi connectivity index (χ4n) is 2.66. The number of oxazole rings is 1. The molecule has 1 aromatic heterocycles. The van der Waals surface area contributed by atoms with Gasteiger partial charge in [0.2, 0.25) is 5.89 Å². The van der Waals surface area contributed by atoms with Crippen molar-refractivity contribution in [1.29, 1.82) is 0 Å². The molecule has 0 atom stereocenters. The molecule has 0 radical (unpaired) electrons. The van der Waals surface area contributed by atoms with Gasteiger partial charge in [-0.2, -0.15) is 0 Å². The predicted molar refractivity (Wildman–Crippen MR) is 120 cm³/mol. The minimum Gasteiger partial charge on any atom is -0.436 e. The Morgan fingerprint density at radius 2 is 1.62 bits per heavy atom. The molecule has 0 aliphatic carbocycles. The van der Waals surface area contributed by atoms with Gasteiger partial charge in [0.05, 0.1) is 0 Å². The molecule has 5 nitrogen and oxygen atoms in total. The number of hydrogen-bond donors (Lipinski definition) is 2. The van der Waals surface area contributed by atoms with Gasteiger partial charge in [0, 0.05) is 26.9 Å². The second kappa shape index (κ2) is 8.21. The van der Waals surface area contributed by atoms with Crippen LogP contribution in [0.1, 0.15) is 10.4 Å². The van der Waals surface area contributed by atoms with E-state index in [4.69, 9.17) is 39.8 Å². The van der Waals surface area contributed by atoms with Crippen LogP contribution in [-0.2, 0) is 0 Å². The lowest BCUT2D eigenvalue weighted by Gasteiger charge is -2.10. The Balaban J connectivity index is 1.42. The second-order valence-corrected chi connectivity index (χ2v) is 7.40. The number of thiocarbonyl (C=S) groups is 1. The number of aromatic nitrogens is 1. The van der Waals surface area contributed by atoms with Crippen LogP contribution in [0.5, 0.6) is 0 Å². The second-order valence-electron chi connectivity index (χ2n) is 6.12. The van der Waals surface area contributed by atoms with Gasteiger partial charge in [-0.15, -0.1) is 0 Å². The van der Waals surface area contributed by atoms with Crippen molar-refractivity contribution in [2.75, 3.05) is 5.32 Å². The number of carbonyl (C=O) groups excluding carboxylic acids is 1. The zero-order valence-corrected chi connectivity index (χ0v) is 17.1. The normalized spacial score (nSPS) is 10.7. The minimum absolute atomic E-state index is 0.189. The van der Waals surface area contributed by atoms with Crippen LogP contribution in [0.4, 0.5) is 5.69 Å². The summed E-state index contributed by atoms with van der Waals surface area (Å²) in [6.07, 6.45) is 0. The smallest absolute Gasteiger partial charge is 0.257 e. The third kappa shape index (κ3) is 4.56. The third-order valence-electron chi connectivity index (χ3n) is 4.07. The number of rotatable bonds is 3. The Morgan fingerprint density at radius 3 is 2.34 bits per heavy atom. The molecule has 4 rings (SSSR count). The van der Waals surface area contributed by atoms with E-state index in [2.05, 4.69) is 15.6 Å². The SMILES string of the molecule is O=C(NC(=S)Nc1ccc(-c2nc3cc(Cl)ccc3o2)cc1)c1ccc(Cl)cc1. The van der Waals surface area contributed by atoms with E-state index in [9.17, 15) is 4.79 Å². The first-order valence-electron chi connectivity index (χ1n) is 8.52. The predicted octanol–water partition coefficient (Wildman–Crippen LogP) is 5.93. The monoisotopic (exact) mass is 441 g/mol. The molecule has 0 aliphatic rings. The summed E-state index contributed by atoms with van der Waals surface area (Å²) in [4.78, 5) is 16.6. The molecule has 1 amide bonds.